The van der Waals surface area contributed by atoms with Gasteiger partial charge in [0.1, 0.15) is 4.87 Å². The van der Waals surface area contributed by atoms with Crippen LogP contribution in [0.4, 0.5) is 0 Å². The number of hydrogen-bond acceptors (Lipinski definition) is 3. The fourth-order valence-electron chi connectivity index (χ4n) is 4.78. The second-order valence-electron chi connectivity index (χ2n) is 7.05. The van der Waals surface area contributed by atoms with Crippen LogP contribution in [0.15, 0.2) is 30.3 Å². The molecule has 1 amide bonds. The van der Waals surface area contributed by atoms with Gasteiger partial charge in [0.15, 0.2) is 5.11 Å². The molecule has 5 heteroatoms. The number of carbonyl (C=O) groups excluding carboxylic acids is 1. The Morgan fingerprint density at radius 2 is 1.91 bits per heavy atom. The van der Waals surface area contributed by atoms with Crippen LogP contribution in [0.2, 0.25) is 0 Å². The number of nitrogens with zero attached hydrogens (tertiary/aromatic N) is 2. The summed E-state index contributed by atoms with van der Waals surface area (Å²) in [6.45, 7) is 5.12. The smallest absolute Gasteiger partial charge is 0.237 e. The molecule has 0 aliphatic carbocycles. The van der Waals surface area contributed by atoms with Crippen LogP contribution in [0.25, 0.3) is 0 Å². The van der Waals surface area contributed by atoms with Crippen molar-refractivity contribution in [3.8, 4) is 0 Å². The fourth-order valence-corrected chi connectivity index (χ4v) is 7.23. The van der Waals surface area contributed by atoms with Gasteiger partial charge < -0.3 is 4.90 Å². The lowest BCUT2D eigenvalue weighted by atomic mass is 9.63. The highest BCUT2D eigenvalue weighted by Crippen LogP contribution is 2.71. The summed E-state index contributed by atoms with van der Waals surface area (Å²) >= 11 is 7.53. The van der Waals surface area contributed by atoms with E-state index >= 15 is 0 Å². The van der Waals surface area contributed by atoms with E-state index in [1.54, 1.807) is 4.90 Å². The van der Waals surface area contributed by atoms with Crippen molar-refractivity contribution < 1.29 is 4.79 Å². The third-order valence-electron chi connectivity index (χ3n) is 5.85. The normalized spacial score (nSPS) is 36.0. The van der Waals surface area contributed by atoms with Crippen molar-refractivity contribution in [3.63, 3.8) is 0 Å². The van der Waals surface area contributed by atoms with Crippen molar-refractivity contribution in [1.82, 2.24) is 9.80 Å². The van der Waals surface area contributed by atoms with Crippen LogP contribution in [0.1, 0.15) is 25.8 Å². The Hall–Kier alpha value is -1.07. The largest absolute Gasteiger partial charge is 0.332 e. The van der Waals surface area contributed by atoms with E-state index in [1.165, 1.54) is 5.56 Å². The number of rotatable bonds is 1. The van der Waals surface area contributed by atoms with Crippen molar-refractivity contribution in [2.75, 3.05) is 19.3 Å². The van der Waals surface area contributed by atoms with Crippen molar-refractivity contribution in [2.45, 2.75) is 30.6 Å². The summed E-state index contributed by atoms with van der Waals surface area (Å²) in [5.41, 5.74) is 0.924. The molecule has 3 aliphatic heterocycles. The molecule has 4 rings (SSSR count). The average Bonchev–Trinajstić information content (AvgIpc) is 2.74. The maximum atomic E-state index is 13.0. The maximum Gasteiger partial charge on any atom is 0.237 e. The Bertz CT molecular complexity index is 674. The Kier molecular flexibility index (Phi) is 2.81. The van der Waals surface area contributed by atoms with Gasteiger partial charge in [-0.3, -0.25) is 9.69 Å². The number of thioether (sulfide) groups is 1. The summed E-state index contributed by atoms with van der Waals surface area (Å²) in [4.78, 5) is 16.7. The summed E-state index contributed by atoms with van der Waals surface area (Å²) < 4.78 is 0. The van der Waals surface area contributed by atoms with Crippen molar-refractivity contribution in [3.05, 3.63) is 35.9 Å². The van der Waals surface area contributed by atoms with Gasteiger partial charge in [-0.1, -0.05) is 30.3 Å². The number of carbonyl (C=O) groups is 1. The van der Waals surface area contributed by atoms with Gasteiger partial charge in [0.2, 0.25) is 5.91 Å². The molecule has 3 heterocycles. The molecule has 3 aliphatic rings. The van der Waals surface area contributed by atoms with E-state index in [9.17, 15) is 4.79 Å². The topological polar surface area (TPSA) is 23.6 Å². The van der Waals surface area contributed by atoms with Gasteiger partial charge in [-0.2, -0.15) is 0 Å². The predicted molar refractivity (Wildman–Crippen MR) is 93.8 cm³/mol. The molecular weight excluding hydrogens is 312 g/mol. The van der Waals surface area contributed by atoms with Crippen LogP contribution in [-0.4, -0.2) is 45.0 Å². The van der Waals surface area contributed by atoms with Crippen molar-refractivity contribution in [2.24, 2.45) is 5.41 Å². The third kappa shape index (κ3) is 1.32. The van der Waals surface area contributed by atoms with Gasteiger partial charge in [0.05, 0.1) is 5.41 Å². The van der Waals surface area contributed by atoms with E-state index in [4.69, 9.17) is 12.2 Å². The summed E-state index contributed by atoms with van der Waals surface area (Å²) in [7, 11) is 1.81. The van der Waals surface area contributed by atoms with Gasteiger partial charge >= 0.3 is 0 Å². The molecule has 116 valence electrons. The van der Waals surface area contributed by atoms with Crippen LogP contribution in [0.5, 0.6) is 0 Å². The van der Waals surface area contributed by atoms with Crippen LogP contribution in [0, 0.1) is 5.41 Å². The minimum Gasteiger partial charge on any atom is -0.332 e. The minimum atomic E-state index is -0.459. The first-order valence-corrected chi connectivity index (χ1v) is 9.07. The molecule has 3 fully saturated rings. The van der Waals surface area contributed by atoms with E-state index in [2.05, 4.69) is 49.1 Å². The Labute approximate surface area is 141 Å². The monoisotopic (exact) mass is 332 g/mol. The van der Waals surface area contributed by atoms with Crippen LogP contribution in [-0.2, 0) is 10.2 Å². The highest BCUT2D eigenvalue weighted by Gasteiger charge is 2.77. The summed E-state index contributed by atoms with van der Waals surface area (Å²) in [5.74, 6) is 1.21. The highest BCUT2D eigenvalue weighted by atomic mass is 32.2. The van der Waals surface area contributed by atoms with E-state index in [0.29, 0.717) is 5.11 Å². The molecule has 3 saturated heterocycles. The standard InChI is InChI=1S/C17H20N2OS2/c1-15(2)13(20)18(3)14(21)19-10-9-16(11-22-17(15,16)19)12-7-5-4-6-8-12/h4-8H,9-11H2,1-3H3. The first-order valence-electron chi connectivity index (χ1n) is 7.68. The number of thiocarbonyl (C=S) groups is 1. The van der Waals surface area contributed by atoms with Crippen LogP contribution in [0.3, 0.4) is 0 Å². The molecule has 0 bridgehead atoms. The van der Waals surface area contributed by atoms with Gasteiger partial charge in [-0.25, -0.2) is 0 Å². The molecule has 1 aromatic rings. The summed E-state index contributed by atoms with van der Waals surface area (Å²) in [6.07, 6.45) is 1.06. The average molecular weight is 332 g/mol. The van der Waals surface area contributed by atoms with Crippen LogP contribution >= 0.6 is 24.0 Å². The Morgan fingerprint density at radius 1 is 1.23 bits per heavy atom. The lowest BCUT2D eigenvalue weighted by Crippen LogP contribution is -2.77. The molecule has 1 spiro atoms. The van der Waals surface area contributed by atoms with E-state index in [-0.39, 0.29) is 16.2 Å². The molecule has 1 aromatic carbocycles. The zero-order chi connectivity index (χ0) is 15.8. The van der Waals surface area contributed by atoms with Gasteiger partial charge in [-0.05, 0) is 38.0 Å². The van der Waals surface area contributed by atoms with Gasteiger partial charge in [-0.15, -0.1) is 11.8 Å². The second-order valence-corrected chi connectivity index (χ2v) is 8.59. The number of hydrogen-bond donors (Lipinski definition) is 0. The lowest BCUT2D eigenvalue weighted by Gasteiger charge is -2.67. The lowest BCUT2D eigenvalue weighted by molar-refractivity contribution is -0.145. The van der Waals surface area contributed by atoms with E-state index < -0.39 is 5.41 Å². The molecule has 0 saturated carbocycles. The second kappa shape index (κ2) is 4.26. The molecule has 22 heavy (non-hydrogen) atoms. The van der Waals surface area contributed by atoms with E-state index in [0.717, 1.165) is 18.7 Å². The fraction of sp³-hybridized carbons (Fsp3) is 0.529. The zero-order valence-electron chi connectivity index (χ0n) is 13.1. The first kappa shape index (κ1) is 14.5. The highest BCUT2D eigenvalue weighted by molar-refractivity contribution is 8.02. The minimum absolute atomic E-state index is 0.0312. The third-order valence-corrected chi connectivity index (χ3v) is 8.52. The molecule has 3 nitrogen and oxygen atoms in total. The SMILES string of the molecule is CN1C(=O)C(C)(C)C23SCC2(c2ccccc2)CCN3C1=S. The van der Waals surface area contributed by atoms with Gasteiger partial charge in [0.25, 0.3) is 0 Å². The van der Waals surface area contributed by atoms with E-state index in [1.807, 2.05) is 18.8 Å². The Balaban J connectivity index is 1.93. The Morgan fingerprint density at radius 3 is 2.50 bits per heavy atom. The summed E-state index contributed by atoms with van der Waals surface area (Å²) in [5, 5.41) is 0.689. The van der Waals surface area contributed by atoms with Crippen LogP contribution < -0.4 is 0 Å². The number of benzene rings is 1. The maximum absolute atomic E-state index is 13.0. The van der Waals surface area contributed by atoms with Crippen molar-refractivity contribution >= 4 is 35.0 Å². The zero-order valence-corrected chi connectivity index (χ0v) is 14.8. The first-order chi connectivity index (χ1) is 10.4. The molecule has 2 unspecified atom stereocenters. The quantitative estimate of drug-likeness (QED) is 0.738. The molecule has 0 N–H and O–H groups in total. The number of amides is 1. The molecule has 0 aromatic heterocycles. The molecule has 2 atom stereocenters. The van der Waals surface area contributed by atoms with Gasteiger partial charge in [0, 0.05) is 24.8 Å². The predicted octanol–water partition coefficient (Wildman–Crippen LogP) is 2.86. The van der Waals surface area contributed by atoms with Crippen molar-refractivity contribution in [1.29, 1.82) is 0 Å². The summed E-state index contributed by atoms with van der Waals surface area (Å²) in [6, 6.07) is 10.7. The molecule has 0 radical (unpaired) electrons. The molecular formula is C17H20N2OS2.